The molecule has 0 aliphatic carbocycles. The highest BCUT2D eigenvalue weighted by molar-refractivity contribution is 7.90. The average Bonchev–Trinajstić information content (AvgIpc) is 0.988. The monoisotopic (exact) mass is 1560 g/mol. The minimum Gasteiger partial charge on any atom is -0.494 e. The van der Waals surface area contributed by atoms with E-state index >= 15 is 0 Å². The van der Waals surface area contributed by atoms with Gasteiger partial charge in [-0.15, -0.1) is 0 Å². The summed E-state index contributed by atoms with van der Waals surface area (Å²) in [6.07, 6.45) is 21.6. The predicted molar refractivity (Wildman–Crippen MR) is 435 cm³/mol. The van der Waals surface area contributed by atoms with Gasteiger partial charge in [-0.05, 0) is 206 Å². The van der Waals surface area contributed by atoms with E-state index in [4.69, 9.17) is 23.3 Å². The van der Waals surface area contributed by atoms with Gasteiger partial charge < -0.3 is 43.8 Å². The Kier molecular flexibility index (Phi) is 34.3. The first-order chi connectivity index (χ1) is 51.5. The maximum absolute atomic E-state index is 13.7. The number of amides is 2. The molecular formula is C82H108N8O14S4. The molecule has 0 bridgehead atoms. The van der Waals surface area contributed by atoms with Crippen molar-refractivity contribution in [2.75, 3.05) is 85.6 Å². The van der Waals surface area contributed by atoms with Crippen LogP contribution in [0.25, 0.3) is 34.4 Å². The summed E-state index contributed by atoms with van der Waals surface area (Å²) in [5.41, 5.74) is 12.9. The molecule has 10 rings (SSSR count). The first-order valence-corrected chi connectivity index (χ1v) is 43.7. The number of nitrogens with zero attached hydrogens (tertiary/aromatic N) is 6. The van der Waals surface area contributed by atoms with Gasteiger partial charge in [-0.25, -0.2) is 18.4 Å². The molecule has 0 spiro atoms. The summed E-state index contributed by atoms with van der Waals surface area (Å²) in [6, 6.07) is 43.2. The van der Waals surface area contributed by atoms with E-state index in [9.17, 15) is 39.1 Å². The van der Waals surface area contributed by atoms with Gasteiger partial charge in [0.2, 0.25) is 0 Å². The third-order valence-corrected chi connectivity index (χ3v) is 20.2. The number of carbonyl (C=O) groups is 2. The Balaban J connectivity index is 0.000000268. The average molecular weight is 1560 g/mol. The molecule has 0 saturated heterocycles. The van der Waals surface area contributed by atoms with Crippen LogP contribution < -0.4 is 29.9 Å². The highest BCUT2D eigenvalue weighted by atomic mass is 32.2. The van der Waals surface area contributed by atoms with Crippen LogP contribution in [0.4, 0.5) is 22.7 Å². The number of ether oxygens (including phenoxy) is 3. The number of carbonyl (C=O) groups excluding carboxylic acids is 2. The van der Waals surface area contributed by atoms with Gasteiger partial charge in [0.15, 0.2) is 9.84 Å². The zero-order valence-corrected chi connectivity index (χ0v) is 67.3. The van der Waals surface area contributed by atoms with E-state index in [0.29, 0.717) is 85.3 Å². The second-order valence-corrected chi connectivity index (χ2v) is 34.0. The first kappa shape index (κ1) is 86.5. The number of fused-ring (bicyclic) bond motifs is 2. The third-order valence-electron chi connectivity index (χ3n) is 17.2. The molecule has 4 N–H and O–H groups in total. The van der Waals surface area contributed by atoms with Crippen molar-refractivity contribution in [2.45, 2.75) is 154 Å². The van der Waals surface area contributed by atoms with Crippen molar-refractivity contribution in [3.63, 3.8) is 0 Å². The Morgan fingerprint density at radius 2 is 0.944 bits per heavy atom. The minimum atomic E-state index is -3.67. The lowest BCUT2D eigenvalue weighted by Crippen LogP contribution is -2.30. The lowest BCUT2D eigenvalue weighted by molar-refractivity contribution is -0.113. The summed E-state index contributed by atoms with van der Waals surface area (Å²) in [7, 11) is -12.1. The van der Waals surface area contributed by atoms with Crippen LogP contribution in [0.2, 0.25) is 0 Å². The third kappa shape index (κ3) is 29.3. The summed E-state index contributed by atoms with van der Waals surface area (Å²) in [5.74, 6) is 2.67. The standard InChI is InChI=1S/C41H52N4O5S.C39H48N4O3S.2CH4O3S/c1-5-7-22-49-23-24-50-38-15-10-32(11-16-38)33-12-19-40-35(25-33)26-34(9-8-21-44(40)28-31(3)4)41(46)43-36-13-17-39(18-14-36)51(47,48)29-37-27-42-30-45(37)20-6-2;1-5-7-22-46-36-15-10-30(11-16-36)31-12-19-38-33(23-31)24-32(9-8-21-42(38)26-29(3)4)39(44)41-34-13-17-37(18-14-34)47(45)27-35-25-40-28-43(35)20-6-2;2*1-5(2,3)4/h10-19,25-27,30-31H,5-9,20-24,28-29H2,1-4H3,(H,43,46);10-19,23-25,28-29H,5-9,20-22,26-27H2,1-4H3,(H,41,44);2*1H3,(H,2,3,4). The molecule has 1 unspecified atom stereocenters. The summed E-state index contributed by atoms with van der Waals surface area (Å²) in [6.45, 7) is 25.1. The number of rotatable bonds is 31. The van der Waals surface area contributed by atoms with Gasteiger partial charge in [0.1, 0.15) is 18.1 Å². The Hall–Kier alpha value is -8.76. The van der Waals surface area contributed by atoms with Crippen LogP contribution >= 0.6 is 0 Å². The van der Waals surface area contributed by atoms with Crippen LogP contribution in [-0.4, -0.2) is 135 Å². The number of aromatic nitrogens is 4. The zero-order valence-electron chi connectivity index (χ0n) is 64.0. The number of anilines is 4. The number of sulfone groups is 1. The molecule has 1 atom stereocenters. The van der Waals surface area contributed by atoms with Crippen molar-refractivity contribution in [3.8, 4) is 33.8 Å². The number of hydrogen-bond donors (Lipinski definition) is 4. The molecule has 2 aliphatic heterocycles. The van der Waals surface area contributed by atoms with Crippen LogP contribution in [0.1, 0.15) is 142 Å². The number of nitrogens with one attached hydrogen (secondary N) is 2. The van der Waals surface area contributed by atoms with Crippen LogP contribution in [0.3, 0.4) is 0 Å². The molecule has 2 amide bonds. The minimum absolute atomic E-state index is 0.107. The predicted octanol–water partition coefficient (Wildman–Crippen LogP) is 16.1. The van der Waals surface area contributed by atoms with Crippen molar-refractivity contribution < 1.29 is 62.4 Å². The fraction of sp³-hybridized carbons (Fsp3) is 0.415. The molecule has 4 heterocycles. The van der Waals surface area contributed by atoms with Gasteiger partial charge in [0.05, 0.1) is 77.0 Å². The van der Waals surface area contributed by atoms with E-state index < -0.39 is 40.9 Å². The second kappa shape index (κ2) is 42.8. The highest BCUT2D eigenvalue weighted by Gasteiger charge is 2.24. The Labute approximate surface area is 642 Å². The van der Waals surface area contributed by atoms with E-state index in [0.717, 1.165) is 170 Å². The largest absolute Gasteiger partial charge is 0.494 e. The van der Waals surface area contributed by atoms with Gasteiger partial charge >= 0.3 is 0 Å². The van der Waals surface area contributed by atoms with E-state index in [1.165, 1.54) is 0 Å². The molecule has 2 aliphatic rings. The van der Waals surface area contributed by atoms with Crippen LogP contribution in [0, 0.1) is 11.8 Å². The Morgan fingerprint density at radius 3 is 1.39 bits per heavy atom. The van der Waals surface area contributed by atoms with Crippen molar-refractivity contribution in [3.05, 3.63) is 192 Å². The molecule has 0 fully saturated rings. The fourth-order valence-corrected chi connectivity index (χ4v) is 14.6. The van der Waals surface area contributed by atoms with E-state index in [-0.39, 0.29) is 22.5 Å². The quantitative estimate of drug-likeness (QED) is 0.0232. The number of benzene rings is 6. The molecule has 108 heavy (non-hydrogen) atoms. The summed E-state index contributed by atoms with van der Waals surface area (Å²) in [5, 5.41) is 6.11. The smallest absolute Gasteiger partial charge is 0.261 e. The van der Waals surface area contributed by atoms with Gasteiger partial charge in [-0.2, -0.15) is 16.8 Å². The Bertz CT molecular complexity index is 4570. The maximum Gasteiger partial charge on any atom is 0.261 e. The lowest BCUT2D eigenvalue weighted by atomic mass is 9.96. The molecule has 8 aromatic rings. The highest BCUT2D eigenvalue weighted by Crippen LogP contribution is 2.36. The zero-order chi connectivity index (χ0) is 78.4. The molecule has 26 heteroatoms. The fourth-order valence-electron chi connectivity index (χ4n) is 12.1. The molecule has 0 radical (unpaired) electrons. The molecule has 6 aromatic carbocycles. The second-order valence-electron chi connectivity index (χ2n) is 27.7. The SMILES string of the molecule is CCCCOCCOc1ccc(-c2ccc3c(c2)C=C(C(=O)Nc2ccc(S(=O)(=O)Cc4cncn4CCC)cc2)CCCN3CC(C)C)cc1.CCCCOc1ccc(-c2ccc3c(c2)C=C(C(=O)Nc2ccc(S(=O)Cc4cncn4CCC)cc2)CCCN3CC(C)C)cc1.CS(=O)(=O)O.CS(=O)(=O)O. The van der Waals surface area contributed by atoms with Crippen LogP contribution in [-0.2, 0) is 79.8 Å². The van der Waals surface area contributed by atoms with E-state index in [1.807, 2.05) is 66.1 Å². The summed E-state index contributed by atoms with van der Waals surface area (Å²) >= 11 is 0. The van der Waals surface area contributed by atoms with Crippen LogP contribution in [0.15, 0.2) is 179 Å². The van der Waals surface area contributed by atoms with Gasteiger partial charge in [0.25, 0.3) is 32.1 Å². The van der Waals surface area contributed by atoms with E-state index in [2.05, 4.69) is 150 Å². The number of aryl methyl sites for hydroxylation is 2. The molecular weight excluding hydrogens is 1450 g/mol. The van der Waals surface area contributed by atoms with Crippen molar-refractivity contribution in [1.29, 1.82) is 0 Å². The first-order valence-electron chi connectivity index (χ1n) is 37.0. The van der Waals surface area contributed by atoms with Crippen molar-refractivity contribution in [1.82, 2.24) is 19.1 Å². The number of hydrogen-bond acceptors (Lipinski definition) is 16. The van der Waals surface area contributed by atoms with Crippen LogP contribution in [0.5, 0.6) is 11.5 Å². The van der Waals surface area contributed by atoms with Gasteiger partial charge in [-0.1, -0.05) is 105 Å². The maximum atomic E-state index is 13.7. The molecule has 0 saturated carbocycles. The number of imidazole rings is 2. The van der Waals surface area contributed by atoms with Gasteiger partial charge in [-0.3, -0.25) is 22.9 Å². The van der Waals surface area contributed by atoms with Crippen molar-refractivity contribution in [2.24, 2.45) is 11.8 Å². The normalized spacial score (nSPS) is 13.4. The lowest BCUT2D eigenvalue weighted by Gasteiger charge is -2.30. The summed E-state index contributed by atoms with van der Waals surface area (Å²) < 4.78 is 112. The number of unbranched alkanes of at least 4 members (excludes halogenated alkanes) is 2. The van der Waals surface area contributed by atoms with E-state index in [1.54, 1.807) is 49.3 Å². The molecule has 2 aromatic heterocycles. The van der Waals surface area contributed by atoms with Gasteiger partial charge in [0, 0.05) is 97.1 Å². The summed E-state index contributed by atoms with van der Waals surface area (Å²) in [4.78, 5) is 41.5. The topological polar surface area (TPSA) is 288 Å². The molecule has 584 valence electrons. The molecule has 22 nitrogen and oxygen atoms in total. The Morgan fingerprint density at radius 1 is 0.528 bits per heavy atom. The van der Waals surface area contributed by atoms with Crippen molar-refractivity contribution >= 4 is 87.6 Å².